The smallest absolute Gasteiger partial charge is 0.219 e. The minimum atomic E-state index is 0.134. The van der Waals surface area contributed by atoms with Crippen LogP contribution in [0.25, 0.3) is 11.0 Å². The zero-order valence-corrected chi connectivity index (χ0v) is 16.6. The number of carbonyl (C=O) groups excluding carboxylic acids is 1. The number of rotatable bonds is 8. The van der Waals surface area contributed by atoms with Gasteiger partial charge in [-0.1, -0.05) is 47.1 Å². The molecule has 3 rings (SSSR count). The molecule has 1 aromatic heterocycles. The van der Waals surface area contributed by atoms with Crippen LogP contribution in [-0.2, 0) is 17.8 Å². The predicted molar refractivity (Wildman–Crippen MR) is 109 cm³/mol. The van der Waals surface area contributed by atoms with Crippen LogP contribution in [0.4, 0.5) is 0 Å². The van der Waals surface area contributed by atoms with Crippen LogP contribution in [0.5, 0.6) is 0 Å². The molecule has 0 spiro atoms. The number of imidazole rings is 1. The average molecular weight is 414 g/mol. The molecule has 136 valence electrons. The van der Waals surface area contributed by atoms with Crippen molar-refractivity contribution in [2.45, 2.75) is 39.2 Å². The predicted octanol–water partition coefficient (Wildman–Crippen LogP) is 4.70. The summed E-state index contributed by atoms with van der Waals surface area (Å²) in [6.07, 6.45) is 3.21. The molecule has 0 bridgehead atoms. The van der Waals surface area contributed by atoms with E-state index in [9.17, 15) is 4.79 Å². The van der Waals surface area contributed by atoms with Crippen LogP contribution in [-0.4, -0.2) is 22.0 Å². The van der Waals surface area contributed by atoms with Gasteiger partial charge in [-0.3, -0.25) is 4.79 Å². The molecule has 1 heterocycles. The van der Waals surface area contributed by atoms with E-state index >= 15 is 0 Å². The molecule has 0 radical (unpaired) electrons. The Kier molecular flexibility index (Phi) is 6.45. The first kappa shape index (κ1) is 18.6. The maximum absolute atomic E-state index is 11.6. The standard InChI is InChI=1S/C21H24BrN3O/c1-2-7-21(26)23-13-6-12-20-24-18-10-3-4-11-19(18)25(20)15-16-8-5-9-17(22)14-16/h3-5,8-11,14H,2,6-7,12-13,15H2,1H3,(H,23,26). The number of hydrogen-bond acceptors (Lipinski definition) is 2. The first-order chi connectivity index (χ1) is 12.7. The molecular weight excluding hydrogens is 390 g/mol. The lowest BCUT2D eigenvalue weighted by atomic mass is 10.2. The average Bonchev–Trinajstić information content (AvgIpc) is 2.97. The van der Waals surface area contributed by atoms with Gasteiger partial charge in [-0.05, 0) is 42.7 Å². The second-order valence-electron chi connectivity index (χ2n) is 6.44. The highest BCUT2D eigenvalue weighted by atomic mass is 79.9. The van der Waals surface area contributed by atoms with E-state index in [1.807, 2.05) is 19.1 Å². The first-order valence-electron chi connectivity index (χ1n) is 9.12. The van der Waals surface area contributed by atoms with Crippen LogP contribution in [0.2, 0.25) is 0 Å². The van der Waals surface area contributed by atoms with Crippen molar-refractivity contribution in [3.63, 3.8) is 0 Å². The van der Waals surface area contributed by atoms with Crippen molar-refractivity contribution in [1.82, 2.24) is 14.9 Å². The Morgan fingerprint density at radius 3 is 2.85 bits per heavy atom. The molecule has 1 N–H and O–H groups in total. The van der Waals surface area contributed by atoms with Crippen molar-refractivity contribution >= 4 is 32.9 Å². The van der Waals surface area contributed by atoms with Crippen molar-refractivity contribution in [2.75, 3.05) is 6.54 Å². The number of amides is 1. The molecule has 3 aromatic rings. The number of benzene rings is 2. The lowest BCUT2D eigenvalue weighted by Gasteiger charge is -2.10. The number of carbonyl (C=O) groups is 1. The second kappa shape index (κ2) is 8.99. The normalized spacial score (nSPS) is 11.0. The zero-order chi connectivity index (χ0) is 18.4. The van der Waals surface area contributed by atoms with Crippen molar-refractivity contribution in [3.05, 3.63) is 64.4 Å². The lowest BCUT2D eigenvalue weighted by Crippen LogP contribution is -2.24. The summed E-state index contributed by atoms with van der Waals surface area (Å²) < 4.78 is 3.37. The summed E-state index contributed by atoms with van der Waals surface area (Å²) in [5.74, 6) is 1.20. The largest absolute Gasteiger partial charge is 0.356 e. The highest BCUT2D eigenvalue weighted by molar-refractivity contribution is 9.10. The Bertz CT molecular complexity index is 888. The topological polar surface area (TPSA) is 46.9 Å². The van der Waals surface area contributed by atoms with Gasteiger partial charge in [0, 0.05) is 30.4 Å². The van der Waals surface area contributed by atoms with Gasteiger partial charge < -0.3 is 9.88 Å². The van der Waals surface area contributed by atoms with Gasteiger partial charge in [-0.25, -0.2) is 4.98 Å². The van der Waals surface area contributed by atoms with E-state index in [0.717, 1.165) is 47.1 Å². The number of nitrogens with zero attached hydrogens (tertiary/aromatic N) is 2. The van der Waals surface area contributed by atoms with Gasteiger partial charge >= 0.3 is 0 Å². The van der Waals surface area contributed by atoms with E-state index in [0.29, 0.717) is 13.0 Å². The third-order valence-corrected chi connectivity index (χ3v) is 4.83. The highest BCUT2D eigenvalue weighted by Gasteiger charge is 2.11. The van der Waals surface area contributed by atoms with E-state index < -0.39 is 0 Å². The van der Waals surface area contributed by atoms with Gasteiger partial charge in [-0.15, -0.1) is 0 Å². The number of fused-ring (bicyclic) bond motifs is 1. The van der Waals surface area contributed by atoms with E-state index in [2.05, 4.69) is 62.2 Å². The lowest BCUT2D eigenvalue weighted by molar-refractivity contribution is -0.121. The fourth-order valence-electron chi connectivity index (χ4n) is 3.10. The number of hydrogen-bond donors (Lipinski definition) is 1. The first-order valence-corrected chi connectivity index (χ1v) is 9.92. The van der Waals surface area contributed by atoms with Gasteiger partial charge in [0.15, 0.2) is 0 Å². The van der Waals surface area contributed by atoms with Crippen molar-refractivity contribution in [3.8, 4) is 0 Å². The molecule has 0 fully saturated rings. The van der Waals surface area contributed by atoms with Gasteiger partial charge in [0.05, 0.1) is 11.0 Å². The summed E-state index contributed by atoms with van der Waals surface area (Å²) in [4.78, 5) is 16.4. The molecule has 0 aliphatic carbocycles. The Morgan fingerprint density at radius 1 is 1.19 bits per heavy atom. The number of nitrogens with one attached hydrogen (secondary N) is 1. The Morgan fingerprint density at radius 2 is 2.04 bits per heavy atom. The minimum Gasteiger partial charge on any atom is -0.356 e. The third kappa shape index (κ3) is 4.73. The maximum atomic E-state index is 11.6. The molecule has 2 aromatic carbocycles. The van der Waals surface area contributed by atoms with Gasteiger partial charge in [0.1, 0.15) is 5.82 Å². The summed E-state index contributed by atoms with van der Waals surface area (Å²) in [5, 5.41) is 2.98. The van der Waals surface area contributed by atoms with Crippen LogP contribution in [0.3, 0.4) is 0 Å². The summed E-state index contributed by atoms with van der Waals surface area (Å²) in [5.41, 5.74) is 3.41. The van der Waals surface area contributed by atoms with Crippen LogP contribution in [0.1, 0.15) is 37.6 Å². The number of aromatic nitrogens is 2. The maximum Gasteiger partial charge on any atom is 0.219 e. The Labute approximate surface area is 162 Å². The van der Waals surface area contributed by atoms with Crippen LogP contribution >= 0.6 is 15.9 Å². The summed E-state index contributed by atoms with van der Waals surface area (Å²) in [7, 11) is 0. The molecule has 0 aliphatic heterocycles. The van der Waals surface area contributed by atoms with Crippen molar-refractivity contribution in [1.29, 1.82) is 0 Å². The molecule has 0 atom stereocenters. The van der Waals surface area contributed by atoms with Gasteiger partial charge in [0.2, 0.25) is 5.91 Å². The zero-order valence-electron chi connectivity index (χ0n) is 15.0. The molecule has 0 saturated carbocycles. The minimum absolute atomic E-state index is 0.134. The number of para-hydroxylation sites is 2. The fraction of sp³-hybridized carbons (Fsp3) is 0.333. The highest BCUT2D eigenvalue weighted by Crippen LogP contribution is 2.20. The van der Waals surface area contributed by atoms with E-state index in [1.54, 1.807) is 0 Å². The monoisotopic (exact) mass is 413 g/mol. The van der Waals surface area contributed by atoms with Crippen LogP contribution in [0.15, 0.2) is 53.0 Å². The molecular formula is C21H24BrN3O. The number of halogens is 1. The molecule has 26 heavy (non-hydrogen) atoms. The summed E-state index contributed by atoms with van der Waals surface area (Å²) in [6, 6.07) is 16.6. The molecule has 1 amide bonds. The summed E-state index contributed by atoms with van der Waals surface area (Å²) >= 11 is 3.55. The van der Waals surface area contributed by atoms with Gasteiger partial charge in [0.25, 0.3) is 0 Å². The van der Waals surface area contributed by atoms with Crippen molar-refractivity contribution in [2.24, 2.45) is 0 Å². The molecule has 4 nitrogen and oxygen atoms in total. The SMILES string of the molecule is CCCC(=O)NCCCc1nc2ccccc2n1Cc1cccc(Br)c1. The quantitative estimate of drug-likeness (QED) is 0.544. The Hall–Kier alpha value is -2.14. The van der Waals surface area contributed by atoms with Crippen LogP contribution < -0.4 is 5.32 Å². The molecule has 0 aliphatic rings. The number of aryl methyl sites for hydroxylation is 1. The Balaban J connectivity index is 1.75. The fourth-order valence-corrected chi connectivity index (χ4v) is 3.55. The van der Waals surface area contributed by atoms with E-state index in [4.69, 9.17) is 4.98 Å². The molecule has 0 saturated heterocycles. The van der Waals surface area contributed by atoms with Gasteiger partial charge in [-0.2, -0.15) is 0 Å². The van der Waals surface area contributed by atoms with Crippen molar-refractivity contribution < 1.29 is 4.79 Å². The molecule has 5 heteroatoms. The third-order valence-electron chi connectivity index (χ3n) is 4.34. The molecule has 0 unspecified atom stereocenters. The van der Waals surface area contributed by atoms with E-state index in [-0.39, 0.29) is 5.91 Å². The van der Waals surface area contributed by atoms with Crippen LogP contribution in [0, 0.1) is 0 Å². The summed E-state index contributed by atoms with van der Waals surface area (Å²) in [6.45, 7) is 3.50. The second-order valence-corrected chi connectivity index (χ2v) is 7.35. The van der Waals surface area contributed by atoms with E-state index in [1.165, 1.54) is 5.56 Å².